The molecule has 76 valence electrons. The second-order valence-corrected chi connectivity index (χ2v) is 5.43. The highest BCUT2D eigenvalue weighted by molar-refractivity contribution is 7.91. The largest absolute Gasteiger partial charge is 0.469 e. The summed E-state index contributed by atoms with van der Waals surface area (Å²) in [5, 5.41) is 0. The minimum Gasteiger partial charge on any atom is -0.469 e. The van der Waals surface area contributed by atoms with E-state index in [1.54, 1.807) is 0 Å². The Bertz CT molecular complexity index is 298. The Balaban J connectivity index is 2.69. The standard InChI is InChI=1S/C7H13NO4S/c1-12-7(9)5-2-3-13(10,11)4-6(5)8/h5-6H,2-4,8H2,1H3/t5-,6-/m1/s1. The first-order valence-corrected chi connectivity index (χ1v) is 5.82. The van der Waals surface area contributed by atoms with Crippen molar-refractivity contribution in [1.82, 2.24) is 0 Å². The van der Waals surface area contributed by atoms with Crippen LogP contribution >= 0.6 is 0 Å². The third-order valence-corrected chi connectivity index (χ3v) is 3.96. The lowest BCUT2D eigenvalue weighted by Gasteiger charge is -2.25. The zero-order valence-electron chi connectivity index (χ0n) is 7.39. The predicted octanol–water partition coefficient (Wildman–Crippen LogP) is -1.08. The number of esters is 1. The minimum atomic E-state index is -3.04. The number of rotatable bonds is 1. The summed E-state index contributed by atoms with van der Waals surface area (Å²) in [6, 6.07) is -0.619. The number of hydrogen-bond donors (Lipinski definition) is 1. The molecular formula is C7H13NO4S. The SMILES string of the molecule is COC(=O)[C@@H]1CCS(=O)(=O)C[C@H]1N. The lowest BCUT2D eigenvalue weighted by Crippen LogP contribution is -2.46. The van der Waals surface area contributed by atoms with Crippen molar-refractivity contribution >= 4 is 15.8 Å². The van der Waals surface area contributed by atoms with E-state index in [1.807, 2.05) is 0 Å². The first-order chi connectivity index (χ1) is 5.96. The molecule has 1 aliphatic heterocycles. The van der Waals surface area contributed by atoms with Crippen molar-refractivity contribution < 1.29 is 17.9 Å². The Kier molecular flexibility index (Phi) is 2.92. The number of ether oxygens (including phenoxy) is 1. The van der Waals surface area contributed by atoms with Gasteiger partial charge in [0.2, 0.25) is 0 Å². The van der Waals surface area contributed by atoms with Crippen LogP contribution < -0.4 is 5.73 Å². The van der Waals surface area contributed by atoms with Crippen LogP contribution in [0.15, 0.2) is 0 Å². The normalized spacial score (nSPS) is 32.5. The van der Waals surface area contributed by atoms with Gasteiger partial charge in [-0.15, -0.1) is 0 Å². The van der Waals surface area contributed by atoms with Gasteiger partial charge in [0, 0.05) is 6.04 Å². The number of sulfone groups is 1. The van der Waals surface area contributed by atoms with E-state index in [1.165, 1.54) is 7.11 Å². The van der Waals surface area contributed by atoms with Gasteiger partial charge in [-0.1, -0.05) is 0 Å². The molecule has 6 heteroatoms. The topological polar surface area (TPSA) is 86.5 Å². The third-order valence-electron chi connectivity index (χ3n) is 2.21. The first kappa shape index (κ1) is 10.5. The summed E-state index contributed by atoms with van der Waals surface area (Å²) in [7, 11) is -1.76. The Hall–Kier alpha value is -0.620. The number of methoxy groups -OCH3 is 1. The predicted molar refractivity (Wildman–Crippen MR) is 46.8 cm³/mol. The Morgan fingerprint density at radius 2 is 2.15 bits per heavy atom. The highest BCUT2D eigenvalue weighted by atomic mass is 32.2. The Morgan fingerprint density at radius 3 is 2.62 bits per heavy atom. The molecule has 0 radical (unpaired) electrons. The van der Waals surface area contributed by atoms with Crippen molar-refractivity contribution in [3.05, 3.63) is 0 Å². The average Bonchev–Trinajstić information content (AvgIpc) is 2.01. The Labute approximate surface area is 77.2 Å². The zero-order valence-corrected chi connectivity index (χ0v) is 8.21. The highest BCUT2D eigenvalue weighted by Crippen LogP contribution is 2.19. The van der Waals surface area contributed by atoms with Crippen LogP contribution in [-0.2, 0) is 19.4 Å². The van der Waals surface area contributed by atoms with Crippen LogP contribution in [-0.4, -0.2) is 39.0 Å². The van der Waals surface area contributed by atoms with Crippen LogP contribution in [0.2, 0.25) is 0 Å². The van der Waals surface area contributed by atoms with Gasteiger partial charge in [0.1, 0.15) is 0 Å². The lowest BCUT2D eigenvalue weighted by molar-refractivity contribution is -0.146. The summed E-state index contributed by atoms with van der Waals surface area (Å²) in [5.41, 5.74) is 5.55. The van der Waals surface area contributed by atoms with Crippen molar-refractivity contribution in [3.63, 3.8) is 0 Å². The molecule has 0 aliphatic carbocycles. The lowest BCUT2D eigenvalue weighted by atomic mass is 9.99. The van der Waals surface area contributed by atoms with E-state index in [-0.39, 0.29) is 17.9 Å². The minimum absolute atomic E-state index is 0.0282. The molecule has 2 atom stereocenters. The van der Waals surface area contributed by atoms with Crippen LogP contribution in [0.1, 0.15) is 6.42 Å². The molecule has 1 rings (SSSR count). The molecule has 1 saturated heterocycles. The molecule has 1 aliphatic rings. The third kappa shape index (κ3) is 2.41. The molecule has 0 spiro atoms. The van der Waals surface area contributed by atoms with E-state index < -0.39 is 27.8 Å². The molecule has 0 amide bonds. The van der Waals surface area contributed by atoms with Gasteiger partial charge in [0.05, 0.1) is 24.5 Å². The smallest absolute Gasteiger partial charge is 0.310 e. The molecule has 0 saturated carbocycles. The molecule has 0 aromatic heterocycles. The van der Waals surface area contributed by atoms with E-state index in [4.69, 9.17) is 5.73 Å². The number of carbonyl (C=O) groups excluding carboxylic acids is 1. The molecule has 0 aromatic carbocycles. The fourth-order valence-electron chi connectivity index (χ4n) is 1.46. The molecule has 13 heavy (non-hydrogen) atoms. The summed E-state index contributed by atoms with van der Waals surface area (Å²) in [5.74, 6) is -0.969. The van der Waals surface area contributed by atoms with E-state index >= 15 is 0 Å². The van der Waals surface area contributed by atoms with Gasteiger partial charge in [-0.3, -0.25) is 4.79 Å². The van der Waals surface area contributed by atoms with Crippen LogP contribution in [0.25, 0.3) is 0 Å². The van der Waals surface area contributed by atoms with Crippen LogP contribution in [0.5, 0.6) is 0 Å². The van der Waals surface area contributed by atoms with Crippen LogP contribution in [0.4, 0.5) is 0 Å². The van der Waals surface area contributed by atoms with Crippen molar-refractivity contribution in [2.24, 2.45) is 11.7 Å². The molecule has 2 N–H and O–H groups in total. The van der Waals surface area contributed by atoms with E-state index in [0.717, 1.165) is 0 Å². The summed E-state index contributed by atoms with van der Waals surface area (Å²) < 4.78 is 26.7. The van der Waals surface area contributed by atoms with Gasteiger partial charge in [-0.25, -0.2) is 8.42 Å². The molecule has 1 fully saturated rings. The molecule has 0 aromatic rings. The number of nitrogens with two attached hydrogens (primary N) is 1. The fraction of sp³-hybridized carbons (Fsp3) is 0.857. The van der Waals surface area contributed by atoms with E-state index in [9.17, 15) is 13.2 Å². The van der Waals surface area contributed by atoms with Gasteiger partial charge in [0.15, 0.2) is 9.84 Å². The van der Waals surface area contributed by atoms with Gasteiger partial charge >= 0.3 is 5.97 Å². The quantitative estimate of drug-likeness (QED) is 0.553. The molecule has 0 bridgehead atoms. The van der Waals surface area contributed by atoms with Crippen LogP contribution in [0.3, 0.4) is 0 Å². The van der Waals surface area contributed by atoms with Gasteiger partial charge in [-0.2, -0.15) is 0 Å². The maximum Gasteiger partial charge on any atom is 0.310 e. The summed E-state index contributed by atoms with van der Waals surface area (Å²) in [6.45, 7) is 0. The molecular weight excluding hydrogens is 194 g/mol. The second kappa shape index (κ2) is 3.63. The summed E-state index contributed by atoms with van der Waals surface area (Å²) in [6.07, 6.45) is 0.274. The van der Waals surface area contributed by atoms with Crippen molar-refractivity contribution in [1.29, 1.82) is 0 Å². The molecule has 0 unspecified atom stereocenters. The zero-order chi connectivity index (χ0) is 10.1. The van der Waals surface area contributed by atoms with Gasteiger partial charge < -0.3 is 10.5 Å². The number of carbonyl (C=O) groups is 1. The summed E-state index contributed by atoms with van der Waals surface area (Å²) in [4.78, 5) is 11.1. The van der Waals surface area contributed by atoms with Crippen molar-refractivity contribution in [2.45, 2.75) is 12.5 Å². The van der Waals surface area contributed by atoms with E-state index in [2.05, 4.69) is 4.74 Å². The summed E-state index contributed by atoms with van der Waals surface area (Å²) >= 11 is 0. The average molecular weight is 207 g/mol. The number of hydrogen-bond acceptors (Lipinski definition) is 5. The van der Waals surface area contributed by atoms with Crippen molar-refractivity contribution in [3.8, 4) is 0 Å². The van der Waals surface area contributed by atoms with Gasteiger partial charge in [-0.05, 0) is 6.42 Å². The fourth-order valence-corrected chi connectivity index (χ4v) is 3.06. The highest BCUT2D eigenvalue weighted by Gasteiger charge is 2.35. The molecule has 5 nitrogen and oxygen atoms in total. The first-order valence-electron chi connectivity index (χ1n) is 4.00. The maximum absolute atomic E-state index is 11.1. The van der Waals surface area contributed by atoms with Gasteiger partial charge in [0.25, 0.3) is 0 Å². The second-order valence-electron chi connectivity index (χ2n) is 3.20. The monoisotopic (exact) mass is 207 g/mol. The Morgan fingerprint density at radius 1 is 1.54 bits per heavy atom. The maximum atomic E-state index is 11.1. The van der Waals surface area contributed by atoms with Crippen LogP contribution in [0, 0.1) is 5.92 Å². The molecule has 1 heterocycles. The van der Waals surface area contributed by atoms with E-state index in [0.29, 0.717) is 0 Å². The van der Waals surface area contributed by atoms with Crippen molar-refractivity contribution in [2.75, 3.05) is 18.6 Å².